The van der Waals surface area contributed by atoms with Crippen LogP contribution >= 0.6 is 0 Å². The van der Waals surface area contributed by atoms with Crippen LogP contribution in [-0.4, -0.2) is 30.1 Å². The highest BCUT2D eigenvalue weighted by Crippen LogP contribution is 2.14. The summed E-state index contributed by atoms with van der Waals surface area (Å²) in [6, 6.07) is 1.90. The van der Waals surface area contributed by atoms with E-state index < -0.39 is 0 Å². The van der Waals surface area contributed by atoms with Gasteiger partial charge in [0.25, 0.3) is 0 Å². The molecule has 0 spiro atoms. The summed E-state index contributed by atoms with van der Waals surface area (Å²) in [5.41, 5.74) is 2.45. The summed E-state index contributed by atoms with van der Waals surface area (Å²) in [6.07, 6.45) is 4.79. The Morgan fingerprint density at radius 2 is 2.25 bits per heavy atom. The van der Waals surface area contributed by atoms with Gasteiger partial charge >= 0.3 is 0 Å². The van der Waals surface area contributed by atoms with Gasteiger partial charge < -0.3 is 10.3 Å². The Bertz CT molecular complexity index is 583. The molecule has 3 aromatic rings. The van der Waals surface area contributed by atoms with Crippen molar-refractivity contribution in [2.45, 2.75) is 6.54 Å². The maximum atomic E-state index is 4.15. The van der Waals surface area contributed by atoms with Gasteiger partial charge in [-0.3, -0.25) is 5.10 Å². The van der Waals surface area contributed by atoms with Crippen LogP contribution in [-0.2, 0) is 6.54 Å². The van der Waals surface area contributed by atoms with Crippen LogP contribution in [0.2, 0.25) is 0 Å². The molecule has 0 aliphatic rings. The fourth-order valence-electron chi connectivity index (χ4n) is 1.46. The van der Waals surface area contributed by atoms with Gasteiger partial charge in [-0.05, 0) is 6.07 Å². The van der Waals surface area contributed by atoms with E-state index in [0.717, 1.165) is 17.0 Å². The van der Waals surface area contributed by atoms with Crippen molar-refractivity contribution in [1.29, 1.82) is 0 Å². The van der Waals surface area contributed by atoms with E-state index in [2.05, 4.69) is 35.5 Å². The lowest BCUT2D eigenvalue weighted by atomic mass is 10.4. The second-order valence-electron chi connectivity index (χ2n) is 3.26. The van der Waals surface area contributed by atoms with Gasteiger partial charge in [0.15, 0.2) is 11.5 Å². The lowest BCUT2D eigenvalue weighted by molar-refractivity contribution is 0.974. The Balaban J connectivity index is 1.86. The SMILES string of the molecule is c1cc(CNc2ncnc3nc[nH]c23)[nH]n1. The predicted octanol–water partition coefficient (Wildman–Crippen LogP) is 0.688. The van der Waals surface area contributed by atoms with E-state index in [1.165, 1.54) is 6.33 Å². The van der Waals surface area contributed by atoms with Crippen LogP contribution in [0, 0.1) is 0 Å². The molecule has 0 radical (unpaired) electrons. The molecule has 0 amide bonds. The zero-order valence-electron chi connectivity index (χ0n) is 8.31. The highest BCUT2D eigenvalue weighted by Gasteiger charge is 2.04. The number of hydrogen-bond acceptors (Lipinski definition) is 5. The molecule has 3 heterocycles. The van der Waals surface area contributed by atoms with Gasteiger partial charge in [0, 0.05) is 6.20 Å². The predicted molar refractivity (Wildman–Crippen MR) is 57.6 cm³/mol. The second kappa shape index (κ2) is 3.61. The van der Waals surface area contributed by atoms with Crippen LogP contribution in [0.5, 0.6) is 0 Å². The van der Waals surface area contributed by atoms with Crippen molar-refractivity contribution in [3.8, 4) is 0 Å². The number of nitrogens with zero attached hydrogens (tertiary/aromatic N) is 4. The van der Waals surface area contributed by atoms with E-state index in [4.69, 9.17) is 0 Å². The molecular weight excluding hydrogens is 206 g/mol. The van der Waals surface area contributed by atoms with E-state index in [0.29, 0.717) is 12.2 Å². The number of anilines is 1. The molecule has 80 valence electrons. The molecule has 0 fully saturated rings. The minimum Gasteiger partial charge on any atom is -0.363 e. The quantitative estimate of drug-likeness (QED) is 0.597. The van der Waals surface area contributed by atoms with Gasteiger partial charge in [0.2, 0.25) is 0 Å². The molecule has 0 unspecified atom stereocenters. The maximum absolute atomic E-state index is 4.15. The number of aromatic nitrogens is 6. The van der Waals surface area contributed by atoms with E-state index in [1.807, 2.05) is 6.07 Å². The molecule has 0 aromatic carbocycles. The molecule has 0 bridgehead atoms. The molecule has 3 N–H and O–H groups in total. The van der Waals surface area contributed by atoms with Crippen LogP contribution in [0.1, 0.15) is 5.69 Å². The van der Waals surface area contributed by atoms with Gasteiger partial charge in [0.05, 0.1) is 18.6 Å². The van der Waals surface area contributed by atoms with Crippen LogP contribution in [0.4, 0.5) is 5.82 Å². The molecule has 0 aliphatic carbocycles. The van der Waals surface area contributed by atoms with Crippen molar-refractivity contribution in [1.82, 2.24) is 30.1 Å². The van der Waals surface area contributed by atoms with Gasteiger partial charge in [-0.25, -0.2) is 15.0 Å². The van der Waals surface area contributed by atoms with E-state index in [1.54, 1.807) is 12.5 Å². The third kappa shape index (κ3) is 1.48. The van der Waals surface area contributed by atoms with Crippen LogP contribution in [0.3, 0.4) is 0 Å². The summed E-state index contributed by atoms with van der Waals surface area (Å²) >= 11 is 0. The Kier molecular flexibility index (Phi) is 1.99. The fraction of sp³-hybridized carbons (Fsp3) is 0.111. The Labute approximate surface area is 90.4 Å². The molecule has 3 aromatic heterocycles. The van der Waals surface area contributed by atoms with Gasteiger partial charge in [-0.1, -0.05) is 0 Å². The van der Waals surface area contributed by atoms with Crippen molar-refractivity contribution in [2.24, 2.45) is 0 Å². The number of nitrogens with one attached hydrogen (secondary N) is 3. The molecule has 0 saturated heterocycles. The van der Waals surface area contributed by atoms with Gasteiger partial charge in [-0.15, -0.1) is 0 Å². The average molecular weight is 215 g/mol. The monoisotopic (exact) mass is 215 g/mol. The van der Waals surface area contributed by atoms with Gasteiger partial charge in [-0.2, -0.15) is 5.10 Å². The fourth-order valence-corrected chi connectivity index (χ4v) is 1.46. The summed E-state index contributed by atoms with van der Waals surface area (Å²) in [4.78, 5) is 15.2. The van der Waals surface area contributed by atoms with Crippen molar-refractivity contribution >= 4 is 17.0 Å². The third-order valence-electron chi connectivity index (χ3n) is 2.23. The van der Waals surface area contributed by atoms with E-state index >= 15 is 0 Å². The third-order valence-corrected chi connectivity index (χ3v) is 2.23. The van der Waals surface area contributed by atoms with Crippen molar-refractivity contribution in [3.63, 3.8) is 0 Å². The molecule has 0 saturated carbocycles. The number of aromatic amines is 2. The molecule has 0 aliphatic heterocycles. The number of H-pyrrole nitrogens is 2. The zero-order chi connectivity index (χ0) is 10.8. The van der Waals surface area contributed by atoms with E-state index in [9.17, 15) is 0 Å². The summed E-state index contributed by atoms with van der Waals surface area (Å²) in [5, 5.41) is 9.92. The van der Waals surface area contributed by atoms with Crippen LogP contribution < -0.4 is 5.32 Å². The summed E-state index contributed by atoms with van der Waals surface area (Å²) in [6.45, 7) is 0.630. The Morgan fingerprint density at radius 3 is 3.12 bits per heavy atom. The van der Waals surface area contributed by atoms with Crippen molar-refractivity contribution < 1.29 is 0 Å². The highest BCUT2D eigenvalue weighted by molar-refractivity contribution is 5.81. The first kappa shape index (κ1) is 8.84. The zero-order valence-corrected chi connectivity index (χ0v) is 8.31. The summed E-state index contributed by atoms with van der Waals surface area (Å²) in [7, 11) is 0. The maximum Gasteiger partial charge on any atom is 0.182 e. The molecule has 7 heteroatoms. The number of hydrogen-bond donors (Lipinski definition) is 3. The number of fused-ring (bicyclic) bond motifs is 1. The number of imidazole rings is 1. The molecule has 0 atom stereocenters. The average Bonchev–Trinajstić information content (AvgIpc) is 2.97. The topological polar surface area (TPSA) is 95.2 Å². The molecule has 3 rings (SSSR count). The first-order valence-electron chi connectivity index (χ1n) is 4.80. The Hall–Kier alpha value is -2.44. The normalized spacial score (nSPS) is 10.8. The second-order valence-corrected chi connectivity index (χ2v) is 3.26. The van der Waals surface area contributed by atoms with Crippen LogP contribution in [0.25, 0.3) is 11.2 Å². The standard InChI is InChI=1S/C9H9N7/c1-2-15-16-6(1)3-10-8-7-9(12-4-11-7)14-5-13-8/h1-2,4-5H,3H2,(H,15,16)(H2,10,11,12,13,14). The highest BCUT2D eigenvalue weighted by atomic mass is 15.1. The first-order chi connectivity index (χ1) is 7.93. The summed E-state index contributed by atoms with van der Waals surface area (Å²) < 4.78 is 0. The lowest BCUT2D eigenvalue weighted by Crippen LogP contribution is -2.02. The summed E-state index contributed by atoms with van der Waals surface area (Å²) in [5.74, 6) is 0.733. The van der Waals surface area contributed by atoms with Crippen molar-refractivity contribution in [3.05, 3.63) is 30.6 Å². The largest absolute Gasteiger partial charge is 0.363 e. The number of rotatable bonds is 3. The minimum atomic E-state index is 0.630. The van der Waals surface area contributed by atoms with E-state index in [-0.39, 0.29) is 0 Å². The Morgan fingerprint density at radius 1 is 1.25 bits per heavy atom. The molecule has 16 heavy (non-hydrogen) atoms. The lowest BCUT2D eigenvalue weighted by Gasteiger charge is -2.03. The minimum absolute atomic E-state index is 0.630. The van der Waals surface area contributed by atoms with Gasteiger partial charge in [0.1, 0.15) is 11.8 Å². The molecule has 7 nitrogen and oxygen atoms in total. The van der Waals surface area contributed by atoms with Crippen LogP contribution in [0.15, 0.2) is 24.9 Å². The van der Waals surface area contributed by atoms with Crippen molar-refractivity contribution in [2.75, 3.05) is 5.32 Å². The molecular formula is C9H9N7. The first-order valence-corrected chi connectivity index (χ1v) is 4.80. The smallest absolute Gasteiger partial charge is 0.182 e.